The molecule has 0 saturated heterocycles. The van der Waals surface area contributed by atoms with E-state index in [-0.39, 0.29) is 0 Å². The highest BCUT2D eigenvalue weighted by molar-refractivity contribution is 5.37. The minimum Gasteiger partial charge on any atom is -0.496 e. The highest BCUT2D eigenvalue weighted by atomic mass is 16.5. The molecule has 4 rings (SSSR count). The minimum atomic E-state index is 0.300. The van der Waals surface area contributed by atoms with Crippen LogP contribution in [0.15, 0.2) is 48.8 Å². The molecule has 0 aliphatic heterocycles. The van der Waals surface area contributed by atoms with Crippen LogP contribution in [0.1, 0.15) is 48.2 Å². The van der Waals surface area contributed by atoms with Crippen molar-refractivity contribution in [3.8, 4) is 11.6 Å². The molecule has 0 unspecified atom stereocenters. The van der Waals surface area contributed by atoms with E-state index in [9.17, 15) is 0 Å². The Labute approximate surface area is 171 Å². The number of methoxy groups -OCH3 is 1. The lowest BCUT2D eigenvalue weighted by Crippen LogP contribution is -2.25. The molecule has 152 valence electrons. The maximum Gasteiger partial charge on any atom is 0.153 e. The lowest BCUT2D eigenvalue weighted by molar-refractivity contribution is 0.132. The van der Waals surface area contributed by atoms with Gasteiger partial charge in [0.05, 0.1) is 25.6 Å². The van der Waals surface area contributed by atoms with Crippen LogP contribution >= 0.6 is 0 Å². The van der Waals surface area contributed by atoms with E-state index in [1.165, 1.54) is 16.8 Å². The zero-order valence-electron chi connectivity index (χ0n) is 17.1. The Morgan fingerprint density at radius 2 is 2.17 bits per heavy atom. The molecule has 1 aromatic carbocycles. The van der Waals surface area contributed by atoms with E-state index in [2.05, 4.69) is 27.5 Å². The van der Waals surface area contributed by atoms with Gasteiger partial charge in [-0.25, -0.2) is 9.67 Å². The van der Waals surface area contributed by atoms with E-state index in [1.54, 1.807) is 7.11 Å². The Balaban J connectivity index is 1.49. The summed E-state index contributed by atoms with van der Waals surface area (Å²) in [5, 5.41) is 8.35. The summed E-state index contributed by atoms with van der Waals surface area (Å²) in [6.45, 7) is 4.06. The maximum atomic E-state index is 5.59. The number of nitrogens with zero attached hydrogens (tertiary/aromatic N) is 3. The molecular formula is C23H28N4O2. The van der Waals surface area contributed by atoms with Crippen molar-refractivity contribution in [2.75, 3.05) is 13.7 Å². The third kappa shape index (κ3) is 4.33. The number of nitrogens with one attached hydrogen (secondary N) is 1. The van der Waals surface area contributed by atoms with Crippen LogP contribution in [0.3, 0.4) is 0 Å². The number of fused-ring (bicyclic) bond motifs is 1. The second kappa shape index (κ2) is 9.20. The zero-order valence-corrected chi connectivity index (χ0v) is 17.1. The summed E-state index contributed by atoms with van der Waals surface area (Å²) in [7, 11) is 1.70. The van der Waals surface area contributed by atoms with Crippen LogP contribution in [-0.4, -0.2) is 28.5 Å². The van der Waals surface area contributed by atoms with Gasteiger partial charge in [-0.05, 0) is 56.0 Å². The highest BCUT2D eigenvalue weighted by Gasteiger charge is 2.24. The van der Waals surface area contributed by atoms with Crippen LogP contribution in [0.5, 0.6) is 5.75 Å². The van der Waals surface area contributed by atoms with Crippen molar-refractivity contribution in [1.29, 1.82) is 0 Å². The number of hydrogen-bond donors (Lipinski definition) is 1. The van der Waals surface area contributed by atoms with Gasteiger partial charge in [0, 0.05) is 36.5 Å². The third-order valence-electron chi connectivity index (χ3n) is 5.41. The Morgan fingerprint density at radius 3 is 2.97 bits per heavy atom. The molecular weight excluding hydrogens is 364 g/mol. The Kier molecular flexibility index (Phi) is 6.22. The van der Waals surface area contributed by atoms with E-state index in [0.29, 0.717) is 19.3 Å². The summed E-state index contributed by atoms with van der Waals surface area (Å²) >= 11 is 0. The second-order valence-corrected chi connectivity index (χ2v) is 7.26. The van der Waals surface area contributed by atoms with Crippen molar-refractivity contribution >= 4 is 0 Å². The van der Waals surface area contributed by atoms with Crippen molar-refractivity contribution in [1.82, 2.24) is 20.1 Å². The molecule has 0 spiro atoms. The van der Waals surface area contributed by atoms with Gasteiger partial charge in [0.1, 0.15) is 5.75 Å². The molecule has 2 heterocycles. The van der Waals surface area contributed by atoms with Gasteiger partial charge in [-0.1, -0.05) is 12.1 Å². The van der Waals surface area contributed by atoms with Gasteiger partial charge in [-0.2, -0.15) is 5.10 Å². The zero-order chi connectivity index (χ0) is 20.1. The van der Waals surface area contributed by atoms with E-state index >= 15 is 0 Å². The lowest BCUT2D eigenvalue weighted by Gasteiger charge is -2.24. The van der Waals surface area contributed by atoms with Gasteiger partial charge < -0.3 is 14.8 Å². The largest absolute Gasteiger partial charge is 0.496 e. The molecule has 6 nitrogen and oxygen atoms in total. The topological polar surface area (TPSA) is 61.2 Å². The molecule has 1 atom stereocenters. The average Bonchev–Trinajstić information content (AvgIpc) is 3.21. The minimum absolute atomic E-state index is 0.300. The quantitative estimate of drug-likeness (QED) is 0.628. The molecule has 6 heteroatoms. The Hall–Kier alpha value is -2.70. The number of aromatic nitrogens is 3. The fourth-order valence-electron chi connectivity index (χ4n) is 3.95. The van der Waals surface area contributed by atoms with E-state index in [0.717, 1.165) is 42.9 Å². The fourth-order valence-corrected chi connectivity index (χ4v) is 3.95. The predicted octanol–water partition coefficient (Wildman–Crippen LogP) is 3.98. The molecule has 0 radical (unpaired) electrons. The number of benzene rings is 1. The standard InChI is InChI=1S/C23H28N4O2/c1-3-29-16-18-13-17(10-11-22(18)28-2)14-25-20-7-6-8-21-19(20)15-26-27(21)23-9-4-5-12-24-23/h4-5,9-13,15,20,25H,3,6-8,14,16H2,1-2H3/t20-/m1/s1. The molecule has 0 bridgehead atoms. The highest BCUT2D eigenvalue weighted by Crippen LogP contribution is 2.31. The fraction of sp³-hybridized carbons (Fsp3) is 0.391. The van der Waals surface area contributed by atoms with Crippen LogP contribution in [0.25, 0.3) is 5.82 Å². The molecule has 2 aromatic heterocycles. The van der Waals surface area contributed by atoms with Gasteiger partial charge in [0.25, 0.3) is 0 Å². The third-order valence-corrected chi connectivity index (χ3v) is 5.41. The molecule has 0 fully saturated rings. The molecule has 0 amide bonds. The van der Waals surface area contributed by atoms with Crippen molar-refractivity contribution < 1.29 is 9.47 Å². The van der Waals surface area contributed by atoms with E-state index in [1.807, 2.05) is 48.3 Å². The Morgan fingerprint density at radius 1 is 1.24 bits per heavy atom. The van der Waals surface area contributed by atoms with Crippen LogP contribution in [0, 0.1) is 0 Å². The molecule has 1 aliphatic carbocycles. The first-order valence-electron chi connectivity index (χ1n) is 10.2. The summed E-state index contributed by atoms with van der Waals surface area (Å²) in [5.74, 6) is 1.75. The smallest absolute Gasteiger partial charge is 0.153 e. The van der Waals surface area contributed by atoms with Gasteiger partial charge in [0.15, 0.2) is 5.82 Å². The van der Waals surface area contributed by atoms with Crippen molar-refractivity contribution in [3.05, 3.63) is 71.2 Å². The monoisotopic (exact) mass is 392 g/mol. The van der Waals surface area contributed by atoms with Gasteiger partial charge in [-0.15, -0.1) is 0 Å². The van der Waals surface area contributed by atoms with Crippen molar-refractivity contribution in [2.24, 2.45) is 0 Å². The Bertz CT molecular complexity index is 939. The number of ether oxygens (including phenoxy) is 2. The summed E-state index contributed by atoms with van der Waals surface area (Å²) in [4.78, 5) is 4.45. The molecule has 1 N–H and O–H groups in total. The van der Waals surface area contributed by atoms with E-state index < -0.39 is 0 Å². The summed E-state index contributed by atoms with van der Waals surface area (Å²) in [6.07, 6.45) is 7.09. The molecule has 3 aromatic rings. The van der Waals surface area contributed by atoms with Crippen LogP contribution < -0.4 is 10.1 Å². The predicted molar refractivity (Wildman–Crippen MR) is 112 cm³/mol. The van der Waals surface area contributed by atoms with Gasteiger partial charge >= 0.3 is 0 Å². The van der Waals surface area contributed by atoms with Gasteiger partial charge in [0.2, 0.25) is 0 Å². The molecule has 29 heavy (non-hydrogen) atoms. The second-order valence-electron chi connectivity index (χ2n) is 7.26. The van der Waals surface area contributed by atoms with E-state index in [4.69, 9.17) is 9.47 Å². The van der Waals surface area contributed by atoms with Crippen LogP contribution in [-0.2, 0) is 24.3 Å². The number of pyridine rings is 1. The molecule has 0 saturated carbocycles. The van der Waals surface area contributed by atoms with Crippen molar-refractivity contribution in [3.63, 3.8) is 0 Å². The van der Waals surface area contributed by atoms with Crippen LogP contribution in [0.2, 0.25) is 0 Å². The van der Waals surface area contributed by atoms with Crippen molar-refractivity contribution in [2.45, 2.75) is 45.4 Å². The van der Waals surface area contributed by atoms with Crippen LogP contribution in [0.4, 0.5) is 0 Å². The first-order valence-corrected chi connectivity index (χ1v) is 10.2. The lowest BCUT2D eigenvalue weighted by atomic mass is 9.92. The number of hydrogen-bond acceptors (Lipinski definition) is 5. The summed E-state index contributed by atoms with van der Waals surface area (Å²) in [6, 6.07) is 12.5. The SMILES string of the molecule is CCOCc1cc(CN[C@@H]2CCCc3c2cnn3-c2ccccn2)ccc1OC. The normalized spacial score (nSPS) is 15.9. The molecule has 1 aliphatic rings. The summed E-state index contributed by atoms with van der Waals surface area (Å²) < 4.78 is 13.0. The first kappa shape index (κ1) is 19.6. The average molecular weight is 393 g/mol. The number of rotatable bonds is 8. The summed E-state index contributed by atoms with van der Waals surface area (Å²) in [5.41, 5.74) is 4.86. The van der Waals surface area contributed by atoms with Gasteiger partial charge in [-0.3, -0.25) is 0 Å². The maximum absolute atomic E-state index is 5.59. The first-order chi connectivity index (χ1) is 14.3.